The lowest BCUT2D eigenvalue weighted by atomic mass is 10.1. The molecule has 1 saturated carbocycles. The summed E-state index contributed by atoms with van der Waals surface area (Å²) in [5.41, 5.74) is 1.06. The van der Waals surface area contributed by atoms with Crippen molar-refractivity contribution < 1.29 is 24.2 Å². The van der Waals surface area contributed by atoms with Gasteiger partial charge in [0.1, 0.15) is 0 Å². The standard InChI is InChI=1S/C20H19NO5/c1-25-18-12-13(6-10-17(18)26-14-8-9-14)7-11-19(22)21-16-5-3-2-4-15(16)20(23)24/h2-7,10-12,14H,8-9H2,1H3,(H,21,22)(H,23,24). The summed E-state index contributed by atoms with van der Waals surface area (Å²) in [7, 11) is 1.57. The second-order valence-electron chi connectivity index (χ2n) is 5.90. The molecule has 1 aliphatic carbocycles. The molecule has 26 heavy (non-hydrogen) atoms. The molecule has 1 aliphatic rings. The molecular formula is C20H19NO5. The van der Waals surface area contributed by atoms with Gasteiger partial charge in [-0.25, -0.2) is 4.79 Å². The van der Waals surface area contributed by atoms with E-state index in [1.165, 1.54) is 12.1 Å². The van der Waals surface area contributed by atoms with Gasteiger partial charge in [-0.1, -0.05) is 18.2 Å². The van der Waals surface area contributed by atoms with Crippen LogP contribution in [0.4, 0.5) is 5.69 Å². The van der Waals surface area contributed by atoms with Crippen molar-refractivity contribution in [2.24, 2.45) is 0 Å². The second-order valence-corrected chi connectivity index (χ2v) is 5.90. The molecule has 0 atom stereocenters. The van der Waals surface area contributed by atoms with Crippen LogP contribution in [-0.4, -0.2) is 30.2 Å². The molecule has 0 bridgehead atoms. The summed E-state index contributed by atoms with van der Waals surface area (Å²) in [4.78, 5) is 23.3. The Bertz CT molecular complexity index is 855. The SMILES string of the molecule is COc1cc(C=CC(=O)Nc2ccccc2C(=O)O)ccc1OC1CC1. The molecule has 2 aromatic carbocycles. The lowest BCUT2D eigenvalue weighted by Gasteiger charge is -2.10. The molecule has 0 radical (unpaired) electrons. The first-order valence-electron chi connectivity index (χ1n) is 8.23. The number of carboxylic acids is 1. The molecule has 0 unspecified atom stereocenters. The van der Waals surface area contributed by atoms with Crippen LogP contribution in [0.25, 0.3) is 6.08 Å². The van der Waals surface area contributed by atoms with Crippen molar-refractivity contribution in [3.63, 3.8) is 0 Å². The van der Waals surface area contributed by atoms with Gasteiger partial charge in [0.2, 0.25) is 5.91 Å². The van der Waals surface area contributed by atoms with Gasteiger partial charge in [-0.3, -0.25) is 4.79 Å². The fourth-order valence-electron chi connectivity index (χ4n) is 2.38. The van der Waals surface area contributed by atoms with Crippen molar-refractivity contribution in [3.05, 3.63) is 59.7 Å². The molecule has 2 N–H and O–H groups in total. The van der Waals surface area contributed by atoms with Gasteiger partial charge >= 0.3 is 5.97 Å². The van der Waals surface area contributed by atoms with Crippen LogP contribution < -0.4 is 14.8 Å². The Morgan fingerprint density at radius 3 is 2.62 bits per heavy atom. The average molecular weight is 353 g/mol. The second kappa shape index (κ2) is 7.74. The Morgan fingerprint density at radius 1 is 1.15 bits per heavy atom. The number of carbonyl (C=O) groups is 2. The number of nitrogens with one attached hydrogen (secondary N) is 1. The predicted octanol–water partition coefficient (Wildman–Crippen LogP) is 3.59. The zero-order chi connectivity index (χ0) is 18.5. The molecule has 6 nitrogen and oxygen atoms in total. The number of anilines is 1. The van der Waals surface area contributed by atoms with E-state index in [-0.39, 0.29) is 17.4 Å². The predicted molar refractivity (Wildman–Crippen MR) is 97.7 cm³/mol. The zero-order valence-corrected chi connectivity index (χ0v) is 14.3. The molecular weight excluding hydrogens is 334 g/mol. The minimum Gasteiger partial charge on any atom is -0.493 e. The lowest BCUT2D eigenvalue weighted by molar-refractivity contribution is -0.111. The van der Waals surface area contributed by atoms with E-state index >= 15 is 0 Å². The number of benzene rings is 2. The minimum atomic E-state index is -1.10. The molecule has 0 aliphatic heterocycles. The highest BCUT2D eigenvalue weighted by Crippen LogP contribution is 2.34. The first-order chi connectivity index (χ1) is 12.6. The third-order valence-electron chi connectivity index (χ3n) is 3.85. The van der Waals surface area contributed by atoms with Gasteiger partial charge in [-0.2, -0.15) is 0 Å². The van der Waals surface area contributed by atoms with E-state index in [0.29, 0.717) is 11.5 Å². The maximum Gasteiger partial charge on any atom is 0.337 e. The maximum absolute atomic E-state index is 12.1. The smallest absolute Gasteiger partial charge is 0.337 e. The summed E-state index contributed by atoms with van der Waals surface area (Å²) >= 11 is 0. The van der Waals surface area contributed by atoms with Gasteiger partial charge in [0.15, 0.2) is 11.5 Å². The molecule has 134 valence electrons. The summed E-state index contributed by atoms with van der Waals surface area (Å²) in [6.07, 6.45) is 5.35. The number of amides is 1. The summed E-state index contributed by atoms with van der Waals surface area (Å²) < 4.78 is 11.1. The Balaban J connectivity index is 1.69. The number of carboxylic acid groups (broad SMARTS) is 1. The number of ether oxygens (including phenoxy) is 2. The summed E-state index contributed by atoms with van der Waals surface area (Å²) in [5, 5.41) is 11.7. The maximum atomic E-state index is 12.1. The lowest BCUT2D eigenvalue weighted by Crippen LogP contribution is -2.11. The molecule has 1 amide bonds. The van der Waals surface area contributed by atoms with Crippen LogP contribution >= 0.6 is 0 Å². The highest BCUT2D eigenvalue weighted by Gasteiger charge is 2.24. The molecule has 1 fully saturated rings. The third-order valence-corrected chi connectivity index (χ3v) is 3.85. The van der Waals surface area contributed by atoms with Gasteiger partial charge in [-0.15, -0.1) is 0 Å². The monoisotopic (exact) mass is 353 g/mol. The van der Waals surface area contributed by atoms with Crippen LogP contribution in [0.15, 0.2) is 48.5 Å². The van der Waals surface area contributed by atoms with Crippen molar-refractivity contribution >= 4 is 23.6 Å². The van der Waals surface area contributed by atoms with Crippen LogP contribution in [0.2, 0.25) is 0 Å². The molecule has 3 rings (SSSR count). The van der Waals surface area contributed by atoms with Crippen LogP contribution in [0, 0.1) is 0 Å². The van der Waals surface area contributed by atoms with E-state index in [9.17, 15) is 9.59 Å². The summed E-state index contributed by atoms with van der Waals surface area (Å²) in [6.45, 7) is 0. The zero-order valence-electron chi connectivity index (χ0n) is 14.3. The van der Waals surface area contributed by atoms with Crippen molar-refractivity contribution in [2.75, 3.05) is 12.4 Å². The van der Waals surface area contributed by atoms with Crippen LogP contribution in [0.3, 0.4) is 0 Å². The number of aromatic carboxylic acids is 1. The van der Waals surface area contributed by atoms with E-state index in [2.05, 4.69) is 5.32 Å². The topological polar surface area (TPSA) is 84.9 Å². The number of para-hydroxylation sites is 1. The Kier molecular flexibility index (Phi) is 5.22. The van der Waals surface area contributed by atoms with E-state index in [1.54, 1.807) is 37.5 Å². The third kappa shape index (κ3) is 4.42. The number of carbonyl (C=O) groups excluding carboxylic acids is 1. The molecule has 0 aromatic heterocycles. The molecule has 0 spiro atoms. The normalized spacial score (nSPS) is 13.4. The first-order valence-corrected chi connectivity index (χ1v) is 8.23. The average Bonchev–Trinajstić information content (AvgIpc) is 3.45. The van der Waals surface area contributed by atoms with E-state index in [0.717, 1.165) is 18.4 Å². The van der Waals surface area contributed by atoms with Gasteiger partial charge in [0.05, 0.1) is 24.5 Å². The number of hydrogen-bond donors (Lipinski definition) is 2. The number of hydrogen-bond acceptors (Lipinski definition) is 4. The Hall–Kier alpha value is -3.28. The quantitative estimate of drug-likeness (QED) is 0.743. The van der Waals surface area contributed by atoms with Crippen molar-refractivity contribution in [1.82, 2.24) is 0 Å². The Morgan fingerprint density at radius 2 is 1.92 bits per heavy atom. The van der Waals surface area contributed by atoms with Crippen molar-refractivity contribution in [2.45, 2.75) is 18.9 Å². The van der Waals surface area contributed by atoms with Gasteiger partial charge < -0.3 is 19.9 Å². The van der Waals surface area contributed by atoms with Gasteiger partial charge in [0, 0.05) is 6.08 Å². The van der Waals surface area contributed by atoms with Gasteiger partial charge in [0.25, 0.3) is 0 Å². The molecule has 6 heteroatoms. The number of rotatable bonds is 7. The van der Waals surface area contributed by atoms with Crippen LogP contribution in [0.5, 0.6) is 11.5 Å². The van der Waals surface area contributed by atoms with E-state index in [1.807, 2.05) is 12.1 Å². The molecule has 2 aromatic rings. The van der Waals surface area contributed by atoms with Gasteiger partial charge in [-0.05, 0) is 48.7 Å². The largest absolute Gasteiger partial charge is 0.493 e. The molecule has 0 heterocycles. The Labute approximate surface area is 151 Å². The highest BCUT2D eigenvalue weighted by molar-refractivity contribution is 6.06. The van der Waals surface area contributed by atoms with Crippen molar-refractivity contribution in [3.8, 4) is 11.5 Å². The number of methoxy groups -OCH3 is 1. The fraction of sp³-hybridized carbons (Fsp3) is 0.200. The molecule has 0 saturated heterocycles. The van der Waals surface area contributed by atoms with Crippen molar-refractivity contribution in [1.29, 1.82) is 0 Å². The summed E-state index contributed by atoms with van der Waals surface area (Å²) in [6, 6.07) is 11.7. The fourth-order valence-corrected chi connectivity index (χ4v) is 2.38. The van der Waals surface area contributed by atoms with Crippen LogP contribution in [0.1, 0.15) is 28.8 Å². The summed E-state index contributed by atoms with van der Waals surface area (Å²) in [5.74, 6) is -0.223. The van der Waals surface area contributed by atoms with E-state index in [4.69, 9.17) is 14.6 Å². The van der Waals surface area contributed by atoms with E-state index < -0.39 is 11.9 Å². The van der Waals surface area contributed by atoms with Crippen LogP contribution in [-0.2, 0) is 4.79 Å². The minimum absolute atomic E-state index is 0.0393. The first kappa shape index (κ1) is 17.5. The highest BCUT2D eigenvalue weighted by atomic mass is 16.5.